The summed E-state index contributed by atoms with van der Waals surface area (Å²) < 4.78 is 0. The molecule has 0 radical (unpaired) electrons. The van der Waals surface area contributed by atoms with Gasteiger partial charge in [0.2, 0.25) is 0 Å². The van der Waals surface area contributed by atoms with Crippen LogP contribution >= 0.6 is 0 Å². The van der Waals surface area contributed by atoms with Crippen LogP contribution in [-0.2, 0) is 9.59 Å². The molecule has 16 heavy (non-hydrogen) atoms. The standard InChI is InChI=1S/C11H21N3O2/c1-11(2)4-3-8(7-11)14-10(16)9(15)13-6-5-12/h8H,3-7,12H2,1-2H3,(H,13,15)(H,14,16). The van der Waals surface area contributed by atoms with Crippen LogP contribution in [0, 0.1) is 5.41 Å². The molecule has 0 spiro atoms. The van der Waals surface area contributed by atoms with Crippen LogP contribution in [0.5, 0.6) is 0 Å². The van der Waals surface area contributed by atoms with Crippen molar-refractivity contribution in [1.29, 1.82) is 0 Å². The number of nitrogens with two attached hydrogens (primary N) is 1. The van der Waals surface area contributed by atoms with Crippen LogP contribution in [0.1, 0.15) is 33.1 Å². The highest BCUT2D eigenvalue weighted by Gasteiger charge is 2.32. The van der Waals surface area contributed by atoms with E-state index in [9.17, 15) is 9.59 Å². The molecule has 5 heteroatoms. The number of nitrogens with one attached hydrogen (secondary N) is 2. The van der Waals surface area contributed by atoms with Crippen LogP contribution in [0.25, 0.3) is 0 Å². The zero-order valence-electron chi connectivity index (χ0n) is 10.0. The normalized spacial score (nSPS) is 22.8. The van der Waals surface area contributed by atoms with Crippen LogP contribution in [0.2, 0.25) is 0 Å². The quantitative estimate of drug-likeness (QED) is 0.582. The van der Waals surface area contributed by atoms with E-state index in [1.165, 1.54) is 0 Å². The highest BCUT2D eigenvalue weighted by atomic mass is 16.2. The molecule has 92 valence electrons. The first-order valence-corrected chi connectivity index (χ1v) is 5.73. The van der Waals surface area contributed by atoms with Gasteiger partial charge in [-0.25, -0.2) is 0 Å². The zero-order valence-corrected chi connectivity index (χ0v) is 10.0. The predicted octanol–water partition coefficient (Wildman–Crippen LogP) is -0.244. The Morgan fingerprint density at radius 1 is 1.38 bits per heavy atom. The lowest BCUT2D eigenvalue weighted by atomic mass is 9.92. The average molecular weight is 227 g/mol. The lowest BCUT2D eigenvalue weighted by Gasteiger charge is -2.17. The van der Waals surface area contributed by atoms with Gasteiger partial charge in [0.15, 0.2) is 0 Å². The smallest absolute Gasteiger partial charge is 0.309 e. The van der Waals surface area contributed by atoms with E-state index in [0.717, 1.165) is 19.3 Å². The topological polar surface area (TPSA) is 84.2 Å². The van der Waals surface area contributed by atoms with Crippen molar-refractivity contribution in [3.8, 4) is 0 Å². The number of amides is 2. The second kappa shape index (κ2) is 5.30. The molecule has 0 aromatic rings. The molecule has 0 aromatic carbocycles. The maximum atomic E-state index is 11.5. The van der Waals surface area contributed by atoms with E-state index in [0.29, 0.717) is 13.1 Å². The lowest BCUT2D eigenvalue weighted by molar-refractivity contribution is -0.139. The van der Waals surface area contributed by atoms with Crippen LogP contribution < -0.4 is 16.4 Å². The number of rotatable bonds is 3. The van der Waals surface area contributed by atoms with Gasteiger partial charge in [-0.15, -0.1) is 0 Å². The monoisotopic (exact) mass is 227 g/mol. The van der Waals surface area contributed by atoms with Gasteiger partial charge in [-0.2, -0.15) is 0 Å². The Hall–Kier alpha value is -1.10. The van der Waals surface area contributed by atoms with E-state index >= 15 is 0 Å². The third-order valence-electron chi connectivity index (χ3n) is 2.94. The Labute approximate surface area is 96.1 Å². The maximum Gasteiger partial charge on any atom is 0.309 e. The minimum absolute atomic E-state index is 0.131. The fourth-order valence-corrected chi connectivity index (χ4v) is 2.08. The molecular weight excluding hydrogens is 206 g/mol. The second-order valence-corrected chi connectivity index (χ2v) is 5.12. The molecule has 5 nitrogen and oxygen atoms in total. The van der Waals surface area contributed by atoms with Crippen molar-refractivity contribution in [1.82, 2.24) is 10.6 Å². The summed E-state index contributed by atoms with van der Waals surface area (Å²) in [6.07, 6.45) is 2.97. The Morgan fingerprint density at radius 3 is 2.56 bits per heavy atom. The largest absolute Gasteiger partial charge is 0.347 e. The molecule has 0 saturated heterocycles. The van der Waals surface area contributed by atoms with Crippen LogP contribution in [0.15, 0.2) is 0 Å². The highest BCUT2D eigenvalue weighted by Crippen LogP contribution is 2.36. The third kappa shape index (κ3) is 3.81. The SMILES string of the molecule is CC1(C)CCC(NC(=O)C(=O)NCCN)C1. The van der Waals surface area contributed by atoms with Crippen molar-refractivity contribution >= 4 is 11.8 Å². The Bertz CT molecular complexity index is 276. The van der Waals surface area contributed by atoms with Gasteiger partial charge in [0.05, 0.1) is 0 Å². The summed E-state index contributed by atoms with van der Waals surface area (Å²) in [6, 6.07) is 0.131. The summed E-state index contributed by atoms with van der Waals surface area (Å²) in [5, 5.41) is 5.20. The van der Waals surface area contributed by atoms with Crippen LogP contribution in [-0.4, -0.2) is 30.9 Å². The Kier molecular flexibility index (Phi) is 4.29. The summed E-state index contributed by atoms with van der Waals surface area (Å²) in [5.41, 5.74) is 5.50. The molecule has 4 N–H and O–H groups in total. The zero-order chi connectivity index (χ0) is 12.2. The van der Waals surface area contributed by atoms with Crippen LogP contribution in [0.3, 0.4) is 0 Å². The molecule has 2 amide bonds. The van der Waals surface area contributed by atoms with Crippen molar-refractivity contribution < 1.29 is 9.59 Å². The summed E-state index contributed by atoms with van der Waals surface area (Å²) in [5.74, 6) is -1.13. The van der Waals surface area contributed by atoms with E-state index in [1.807, 2.05) is 0 Å². The number of carbonyl (C=O) groups excluding carboxylic acids is 2. The molecule has 1 atom stereocenters. The van der Waals surface area contributed by atoms with E-state index in [1.54, 1.807) is 0 Å². The van der Waals surface area contributed by atoms with Gasteiger partial charge in [-0.1, -0.05) is 13.8 Å². The fraction of sp³-hybridized carbons (Fsp3) is 0.818. The molecule has 1 aliphatic rings. The molecule has 0 aliphatic heterocycles. The van der Waals surface area contributed by atoms with E-state index in [4.69, 9.17) is 5.73 Å². The molecule has 1 rings (SSSR count). The molecule has 0 aromatic heterocycles. The van der Waals surface area contributed by atoms with Gasteiger partial charge in [-0.05, 0) is 24.7 Å². The van der Waals surface area contributed by atoms with E-state index in [-0.39, 0.29) is 11.5 Å². The number of carbonyl (C=O) groups is 2. The Morgan fingerprint density at radius 2 is 2.06 bits per heavy atom. The van der Waals surface area contributed by atoms with E-state index in [2.05, 4.69) is 24.5 Å². The van der Waals surface area contributed by atoms with Crippen LogP contribution in [0.4, 0.5) is 0 Å². The van der Waals surface area contributed by atoms with Crippen molar-refractivity contribution in [3.63, 3.8) is 0 Å². The third-order valence-corrected chi connectivity index (χ3v) is 2.94. The first-order valence-electron chi connectivity index (χ1n) is 5.73. The van der Waals surface area contributed by atoms with Crippen molar-refractivity contribution in [2.75, 3.05) is 13.1 Å². The van der Waals surface area contributed by atoms with Crippen molar-refractivity contribution in [3.05, 3.63) is 0 Å². The molecular formula is C11H21N3O2. The molecule has 1 unspecified atom stereocenters. The fourth-order valence-electron chi connectivity index (χ4n) is 2.08. The summed E-state index contributed by atoms with van der Waals surface area (Å²) >= 11 is 0. The number of hydrogen-bond acceptors (Lipinski definition) is 3. The van der Waals surface area contributed by atoms with Gasteiger partial charge >= 0.3 is 11.8 Å². The molecule has 0 heterocycles. The lowest BCUT2D eigenvalue weighted by Crippen LogP contribution is -2.45. The average Bonchev–Trinajstić information content (AvgIpc) is 2.54. The predicted molar refractivity (Wildman–Crippen MR) is 61.6 cm³/mol. The molecule has 1 aliphatic carbocycles. The van der Waals surface area contributed by atoms with Gasteiger partial charge in [-0.3, -0.25) is 9.59 Å². The molecule has 0 bridgehead atoms. The molecule has 1 saturated carbocycles. The Balaban J connectivity index is 2.32. The van der Waals surface area contributed by atoms with Crippen molar-refractivity contribution in [2.45, 2.75) is 39.2 Å². The second-order valence-electron chi connectivity index (χ2n) is 5.12. The molecule has 1 fully saturated rings. The van der Waals surface area contributed by atoms with Gasteiger partial charge < -0.3 is 16.4 Å². The van der Waals surface area contributed by atoms with Crippen molar-refractivity contribution in [2.24, 2.45) is 11.1 Å². The minimum Gasteiger partial charge on any atom is -0.347 e. The van der Waals surface area contributed by atoms with Gasteiger partial charge in [0.1, 0.15) is 0 Å². The van der Waals surface area contributed by atoms with Gasteiger partial charge in [0.25, 0.3) is 0 Å². The summed E-state index contributed by atoms with van der Waals surface area (Å²) in [6.45, 7) is 5.03. The maximum absolute atomic E-state index is 11.5. The van der Waals surface area contributed by atoms with E-state index < -0.39 is 11.8 Å². The first kappa shape index (κ1) is 13.0. The first-order chi connectivity index (χ1) is 7.44. The summed E-state index contributed by atoms with van der Waals surface area (Å²) in [7, 11) is 0. The minimum atomic E-state index is -0.588. The van der Waals surface area contributed by atoms with Gasteiger partial charge in [0, 0.05) is 19.1 Å². The number of hydrogen-bond donors (Lipinski definition) is 3. The highest BCUT2D eigenvalue weighted by molar-refractivity contribution is 6.35. The summed E-state index contributed by atoms with van der Waals surface area (Å²) in [4.78, 5) is 22.7.